The molecular formula is C14H11Cl2N3O3S. The molecule has 0 spiro atoms. The molecule has 23 heavy (non-hydrogen) atoms. The van der Waals surface area contributed by atoms with Gasteiger partial charge in [-0.1, -0.05) is 41.0 Å². The summed E-state index contributed by atoms with van der Waals surface area (Å²) in [5.41, 5.74) is 0.421. The first-order valence-corrected chi connectivity index (χ1v) is 8.26. The molecule has 1 N–H and O–H groups in total. The van der Waals surface area contributed by atoms with E-state index in [-0.39, 0.29) is 10.7 Å². The number of rotatable bonds is 5. The molecule has 0 bridgehead atoms. The van der Waals surface area contributed by atoms with Crippen LogP contribution < -0.4 is 5.32 Å². The fraction of sp³-hybridized carbons (Fsp3) is 0.143. The van der Waals surface area contributed by atoms with Gasteiger partial charge in [0.05, 0.1) is 11.2 Å². The number of carbonyl (C=O) groups is 2. The molecule has 1 heterocycles. The number of aromatic nitrogens is 2. The molecule has 2 rings (SSSR count). The van der Waals surface area contributed by atoms with Gasteiger partial charge < -0.3 is 10.1 Å². The lowest BCUT2D eigenvalue weighted by Crippen LogP contribution is -2.21. The lowest BCUT2D eigenvalue weighted by molar-refractivity contribution is -0.119. The van der Waals surface area contributed by atoms with E-state index in [0.717, 1.165) is 0 Å². The lowest BCUT2D eigenvalue weighted by atomic mass is 10.3. The molecule has 1 aromatic carbocycles. The maximum atomic E-state index is 11.9. The fourth-order valence-corrected chi connectivity index (χ4v) is 2.25. The standard InChI is InChI=1S/C14H11Cl2N3O3S/c1-23-14-17-6-10(16)12(19-14)13(21)22-7-11(20)18-9-4-2-3-8(15)5-9/h2-6H,7H2,1H3,(H,18,20). The number of benzene rings is 1. The van der Waals surface area contributed by atoms with Crippen LogP contribution in [0.1, 0.15) is 10.5 Å². The summed E-state index contributed by atoms with van der Waals surface area (Å²) in [6.45, 7) is -0.472. The molecule has 0 aliphatic carbocycles. The summed E-state index contributed by atoms with van der Waals surface area (Å²) in [7, 11) is 0. The van der Waals surface area contributed by atoms with Crippen molar-refractivity contribution in [2.75, 3.05) is 18.2 Å². The Bertz CT molecular complexity index is 743. The van der Waals surface area contributed by atoms with Crippen molar-refractivity contribution in [3.63, 3.8) is 0 Å². The maximum absolute atomic E-state index is 11.9. The van der Waals surface area contributed by atoms with Crippen LogP contribution in [0.2, 0.25) is 10.0 Å². The Hall–Kier alpha value is -1.83. The van der Waals surface area contributed by atoms with Gasteiger partial charge in [0.25, 0.3) is 5.91 Å². The zero-order valence-corrected chi connectivity index (χ0v) is 14.2. The third-order valence-electron chi connectivity index (χ3n) is 2.54. The molecule has 0 aliphatic heterocycles. The summed E-state index contributed by atoms with van der Waals surface area (Å²) in [4.78, 5) is 31.6. The Labute approximate surface area is 146 Å². The first kappa shape index (κ1) is 17.5. The molecular weight excluding hydrogens is 361 g/mol. The van der Waals surface area contributed by atoms with Gasteiger partial charge in [0.15, 0.2) is 17.5 Å². The number of amides is 1. The molecule has 1 amide bonds. The smallest absolute Gasteiger partial charge is 0.359 e. The van der Waals surface area contributed by atoms with E-state index >= 15 is 0 Å². The van der Waals surface area contributed by atoms with E-state index in [1.165, 1.54) is 18.0 Å². The second-order valence-electron chi connectivity index (χ2n) is 4.19. The largest absolute Gasteiger partial charge is 0.451 e. The van der Waals surface area contributed by atoms with Gasteiger partial charge >= 0.3 is 5.97 Å². The first-order chi connectivity index (χ1) is 11.0. The van der Waals surface area contributed by atoms with Crippen LogP contribution in [0, 0.1) is 0 Å². The maximum Gasteiger partial charge on any atom is 0.359 e. The summed E-state index contributed by atoms with van der Waals surface area (Å²) >= 11 is 12.9. The SMILES string of the molecule is CSc1ncc(Cl)c(C(=O)OCC(=O)Nc2cccc(Cl)c2)n1. The van der Waals surface area contributed by atoms with E-state index in [1.807, 2.05) is 0 Å². The summed E-state index contributed by atoms with van der Waals surface area (Å²) in [6, 6.07) is 6.61. The van der Waals surface area contributed by atoms with Crippen molar-refractivity contribution in [3.8, 4) is 0 Å². The minimum absolute atomic E-state index is 0.0584. The average Bonchev–Trinajstić information content (AvgIpc) is 2.53. The monoisotopic (exact) mass is 371 g/mol. The Kier molecular flexibility index (Phi) is 6.20. The van der Waals surface area contributed by atoms with Crippen molar-refractivity contribution in [2.45, 2.75) is 5.16 Å². The van der Waals surface area contributed by atoms with Gasteiger partial charge in [-0.05, 0) is 24.5 Å². The van der Waals surface area contributed by atoms with Crippen molar-refractivity contribution >= 4 is 52.5 Å². The van der Waals surface area contributed by atoms with Crippen LogP contribution in [0.25, 0.3) is 0 Å². The van der Waals surface area contributed by atoms with E-state index in [2.05, 4.69) is 15.3 Å². The number of anilines is 1. The van der Waals surface area contributed by atoms with Crippen LogP contribution in [-0.2, 0) is 9.53 Å². The molecule has 2 aromatic rings. The fourth-order valence-electron chi connectivity index (χ4n) is 1.56. The molecule has 120 valence electrons. The molecule has 0 saturated carbocycles. The summed E-state index contributed by atoms with van der Waals surface area (Å²) in [6.07, 6.45) is 3.07. The third-order valence-corrected chi connectivity index (χ3v) is 3.61. The zero-order valence-electron chi connectivity index (χ0n) is 11.9. The van der Waals surface area contributed by atoms with Crippen LogP contribution in [0.3, 0.4) is 0 Å². The Balaban J connectivity index is 1.95. The normalized spacial score (nSPS) is 10.2. The van der Waals surface area contributed by atoms with E-state index in [0.29, 0.717) is 15.9 Å². The molecule has 1 aromatic heterocycles. The first-order valence-electron chi connectivity index (χ1n) is 6.28. The molecule has 9 heteroatoms. The van der Waals surface area contributed by atoms with Crippen molar-refractivity contribution in [1.29, 1.82) is 0 Å². The van der Waals surface area contributed by atoms with Gasteiger partial charge in [0, 0.05) is 10.7 Å². The quantitative estimate of drug-likeness (QED) is 0.493. The van der Waals surface area contributed by atoms with E-state index in [4.69, 9.17) is 27.9 Å². The van der Waals surface area contributed by atoms with E-state index in [1.54, 1.807) is 30.5 Å². The number of halogens is 2. The number of hydrogen-bond acceptors (Lipinski definition) is 6. The Morgan fingerprint density at radius 2 is 2.13 bits per heavy atom. The van der Waals surface area contributed by atoms with Gasteiger partial charge in [-0.25, -0.2) is 14.8 Å². The number of hydrogen-bond donors (Lipinski definition) is 1. The van der Waals surface area contributed by atoms with Crippen molar-refractivity contribution in [1.82, 2.24) is 9.97 Å². The van der Waals surface area contributed by atoms with E-state index in [9.17, 15) is 9.59 Å². The van der Waals surface area contributed by atoms with Gasteiger partial charge in [0.1, 0.15) is 0 Å². The van der Waals surface area contributed by atoms with Gasteiger partial charge in [-0.2, -0.15) is 0 Å². The number of esters is 1. The van der Waals surface area contributed by atoms with Gasteiger partial charge in [-0.3, -0.25) is 4.79 Å². The van der Waals surface area contributed by atoms with Gasteiger partial charge in [-0.15, -0.1) is 0 Å². The minimum Gasteiger partial charge on any atom is -0.451 e. The summed E-state index contributed by atoms with van der Waals surface area (Å²) in [5, 5.41) is 3.48. The van der Waals surface area contributed by atoms with Crippen LogP contribution in [0.15, 0.2) is 35.6 Å². The number of ether oxygens (including phenoxy) is 1. The summed E-state index contributed by atoms with van der Waals surface area (Å²) in [5.74, 6) is -1.30. The number of nitrogens with one attached hydrogen (secondary N) is 1. The highest BCUT2D eigenvalue weighted by atomic mass is 35.5. The van der Waals surface area contributed by atoms with Gasteiger partial charge in [0.2, 0.25) is 0 Å². The number of carbonyl (C=O) groups excluding carboxylic acids is 2. The van der Waals surface area contributed by atoms with E-state index < -0.39 is 18.5 Å². The van der Waals surface area contributed by atoms with Crippen molar-refractivity contribution in [2.24, 2.45) is 0 Å². The summed E-state index contributed by atoms with van der Waals surface area (Å²) < 4.78 is 4.90. The molecule has 0 saturated heterocycles. The highest BCUT2D eigenvalue weighted by Crippen LogP contribution is 2.18. The van der Waals surface area contributed by atoms with Crippen molar-refractivity contribution < 1.29 is 14.3 Å². The minimum atomic E-state index is -0.797. The second-order valence-corrected chi connectivity index (χ2v) is 5.80. The molecule has 0 atom stereocenters. The molecule has 0 aliphatic rings. The Morgan fingerprint density at radius 1 is 1.35 bits per heavy atom. The predicted molar refractivity (Wildman–Crippen MR) is 89.2 cm³/mol. The number of nitrogens with zero attached hydrogens (tertiary/aromatic N) is 2. The zero-order chi connectivity index (χ0) is 16.8. The topological polar surface area (TPSA) is 81.2 Å². The molecule has 6 nitrogen and oxygen atoms in total. The van der Waals surface area contributed by atoms with Crippen molar-refractivity contribution in [3.05, 3.63) is 46.2 Å². The third kappa shape index (κ3) is 5.09. The predicted octanol–water partition coefficient (Wildman–Crippen LogP) is 3.30. The highest BCUT2D eigenvalue weighted by molar-refractivity contribution is 7.98. The molecule has 0 unspecified atom stereocenters. The molecule has 0 radical (unpaired) electrons. The lowest BCUT2D eigenvalue weighted by Gasteiger charge is -2.07. The Morgan fingerprint density at radius 3 is 2.83 bits per heavy atom. The highest BCUT2D eigenvalue weighted by Gasteiger charge is 2.17. The molecule has 0 fully saturated rings. The second kappa shape index (κ2) is 8.14. The number of thioether (sulfide) groups is 1. The van der Waals surface area contributed by atoms with Crippen LogP contribution in [0.4, 0.5) is 5.69 Å². The van der Waals surface area contributed by atoms with Crippen LogP contribution >= 0.6 is 35.0 Å². The van der Waals surface area contributed by atoms with Crippen LogP contribution in [-0.4, -0.2) is 34.7 Å². The van der Waals surface area contributed by atoms with Crippen LogP contribution in [0.5, 0.6) is 0 Å². The average molecular weight is 372 g/mol.